The van der Waals surface area contributed by atoms with Crippen LogP contribution in [-0.4, -0.2) is 54.9 Å². The molecule has 0 spiro atoms. The third-order valence-electron chi connectivity index (χ3n) is 3.84. The van der Waals surface area contributed by atoms with Crippen LogP contribution in [0.25, 0.3) is 0 Å². The van der Waals surface area contributed by atoms with Crippen LogP contribution in [0.1, 0.15) is 39.0 Å². The Morgan fingerprint density at radius 1 is 1.41 bits per heavy atom. The average Bonchev–Trinajstić information content (AvgIpc) is 2.31. The molecule has 0 amide bonds. The minimum atomic E-state index is 0.304. The molecule has 0 aromatic rings. The molecular weight excluding hydrogens is 212 g/mol. The van der Waals surface area contributed by atoms with E-state index in [-0.39, 0.29) is 0 Å². The number of hydrogen-bond donors (Lipinski definition) is 2. The van der Waals surface area contributed by atoms with Crippen molar-refractivity contribution in [1.82, 2.24) is 9.80 Å². The van der Waals surface area contributed by atoms with Gasteiger partial charge in [-0.1, -0.05) is 13.3 Å². The van der Waals surface area contributed by atoms with E-state index in [0.717, 1.165) is 25.7 Å². The van der Waals surface area contributed by atoms with Crippen LogP contribution < -0.4 is 5.73 Å². The maximum atomic E-state index is 7.27. The Labute approximate surface area is 106 Å². The third kappa shape index (κ3) is 5.50. The van der Waals surface area contributed by atoms with Crippen LogP contribution in [0, 0.1) is 5.41 Å². The summed E-state index contributed by atoms with van der Waals surface area (Å²) in [6.45, 7) is 6.57. The van der Waals surface area contributed by atoms with Crippen molar-refractivity contribution < 1.29 is 0 Å². The smallest absolute Gasteiger partial charge is 0.0918 e. The third-order valence-corrected chi connectivity index (χ3v) is 3.84. The molecule has 4 heteroatoms. The highest BCUT2D eigenvalue weighted by Gasteiger charge is 2.19. The first kappa shape index (κ1) is 14.5. The molecule has 4 nitrogen and oxygen atoms in total. The van der Waals surface area contributed by atoms with Gasteiger partial charge in [-0.2, -0.15) is 0 Å². The minimum Gasteiger partial charge on any atom is -0.388 e. The maximum absolute atomic E-state index is 7.27. The second-order valence-electron chi connectivity index (χ2n) is 5.13. The SMILES string of the molecule is CCN(CCC(=N)N)CCC1CCCCN1C. The van der Waals surface area contributed by atoms with Crippen LogP contribution in [0.4, 0.5) is 0 Å². The molecule has 17 heavy (non-hydrogen) atoms. The average molecular weight is 240 g/mol. The summed E-state index contributed by atoms with van der Waals surface area (Å²) in [7, 11) is 2.25. The fourth-order valence-corrected chi connectivity index (χ4v) is 2.55. The number of nitrogens with two attached hydrogens (primary N) is 1. The first-order valence-electron chi connectivity index (χ1n) is 6.89. The summed E-state index contributed by atoms with van der Waals surface area (Å²) in [5.41, 5.74) is 5.40. The monoisotopic (exact) mass is 240 g/mol. The predicted molar refractivity (Wildman–Crippen MR) is 73.5 cm³/mol. The van der Waals surface area contributed by atoms with Gasteiger partial charge in [0.1, 0.15) is 0 Å². The number of likely N-dealkylation sites (tertiary alicyclic amines) is 1. The van der Waals surface area contributed by atoms with Crippen LogP contribution in [0.2, 0.25) is 0 Å². The van der Waals surface area contributed by atoms with Gasteiger partial charge < -0.3 is 15.5 Å². The van der Waals surface area contributed by atoms with E-state index in [9.17, 15) is 0 Å². The van der Waals surface area contributed by atoms with Crippen molar-refractivity contribution >= 4 is 5.84 Å². The minimum absolute atomic E-state index is 0.304. The second kappa shape index (κ2) is 7.67. The number of piperidine rings is 1. The number of hydrogen-bond acceptors (Lipinski definition) is 3. The molecule has 3 N–H and O–H groups in total. The van der Waals surface area contributed by atoms with Crippen molar-refractivity contribution in [3.63, 3.8) is 0 Å². The molecule has 1 unspecified atom stereocenters. The lowest BCUT2D eigenvalue weighted by Gasteiger charge is -2.34. The molecule has 1 aliphatic rings. The molecule has 0 saturated carbocycles. The summed E-state index contributed by atoms with van der Waals surface area (Å²) >= 11 is 0. The molecule has 1 heterocycles. The predicted octanol–water partition coefficient (Wildman–Crippen LogP) is 1.51. The van der Waals surface area contributed by atoms with Crippen LogP contribution in [0.5, 0.6) is 0 Å². The van der Waals surface area contributed by atoms with Gasteiger partial charge in [-0.05, 0) is 45.9 Å². The van der Waals surface area contributed by atoms with Crippen molar-refractivity contribution in [2.75, 3.05) is 33.2 Å². The lowest BCUT2D eigenvalue weighted by atomic mass is 10.00. The van der Waals surface area contributed by atoms with Gasteiger partial charge in [0.05, 0.1) is 5.84 Å². The normalized spacial score (nSPS) is 21.9. The van der Waals surface area contributed by atoms with E-state index in [1.807, 2.05) is 0 Å². The summed E-state index contributed by atoms with van der Waals surface area (Å²) in [6, 6.07) is 0.759. The summed E-state index contributed by atoms with van der Waals surface area (Å²) in [5, 5.41) is 7.27. The Balaban J connectivity index is 2.23. The highest BCUT2D eigenvalue weighted by Crippen LogP contribution is 2.17. The van der Waals surface area contributed by atoms with Crippen molar-refractivity contribution in [2.45, 2.75) is 45.1 Å². The van der Waals surface area contributed by atoms with Gasteiger partial charge in [-0.15, -0.1) is 0 Å². The summed E-state index contributed by atoms with van der Waals surface area (Å²) in [4.78, 5) is 4.91. The number of nitrogens with zero attached hydrogens (tertiary/aromatic N) is 2. The topological polar surface area (TPSA) is 56.4 Å². The lowest BCUT2D eigenvalue weighted by Crippen LogP contribution is -2.39. The van der Waals surface area contributed by atoms with Crippen molar-refractivity contribution in [3.8, 4) is 0 Å². The number of rotatable bonds is 7. The van der Waals surface area contributed by atoms with Gasteiger partial charge in [0.2, 0.25) is 0 Å². The van der Waals surface area contributed by atoms with Crippen molar-refractivity contribution in [2.24, 2.45) is 5.73 Å². The highest BCUT2D eigenvalue weighted by atomic mass is 15.2. The molecular formula is C13H28N4. The van der Waals surface area contributed by atoms with Gasteiger partial charge >= 0.3 is 0 Å². The first-order chi connectivity index (χ1) is 8.13. The Kier molecular flexibility index (Phi) is 6.52. The van der Waals surface area contributed by atoms with Crippen LogP contribution in [0.15, 0.2) is 0 Å². The highest BCUT2D eigenvalue weighted by molar-refractivity contribution is 5.76. The fourth-order valence-electron chi connectivity index (χ4n) is 2.55. The number of nitrogens with one attached hydrogen (secondary N) is 1. The van der Waals surface area contributed by atoms with E-state index >= 15 is 0 Å². The van der Waals surface area contributed by atoms with Gasteiger partial charge in [-0.3, -0.25) is 5.41 Å². The van der Waals surface area contributed by atoms with E-state index in [2.05, 4.69) is 23.8 Å². The molecule has 1 aliphatic heterocycles. The standard InChI is InChI=1S/C13H28N4/c1-3-17(11-8-13(14)15)10-7-12-6-4-5-9-16(12)2/h12H,3-11H2,1-2H3,(H3,14,15). The lowest BCUT2D eigenvalue weighted by molar-refractivity contribution is 0.156. The zero-order chi connectivity index (χ0) is 12.7. The van der Waals surface area contributed by atoms with Crippen molar-refractivity contribution in [3.05, 3.63) is 0 Å². The molecule has 0 radical (unpaired) electrons. The zero-order valence-corrected chi connectivity index (χ0v) is 11.4. The molecule has 1 atom stereocenters. The Morgan fingerprint density at radius 2 is 2.18 bits per heavy atom. The first-order valence-corrected chi connectivity index (χ1v) is 6.89. The summed E-state index contributed by atoms with van der Waals surface area (Å²) < 4.78 is 0. The molecule has 100 valence electrons. The van der Waals surface area contributed by atoms with Crippen molar-refractivity contribution in [1.29, 1.82) is 5.41 Å². The van der Waals surface area contributed by atoms with Gasteiger partial charge in [0.25, 0.3) is 0 Å². The Bertz CT molecular complexity index is 229. The van der Waals surface area contributed by atoms with Crippen LogP contribution in [0.3, 0.4) is 0 Å². The van der Waals surface area contributed by atoms with E-state index in [0.29, 0.717) is 12.3 Å². The molecule has 0 aliphatic carbocycles. The molecule has 1 rings (SSSR count). The molecule has 1 saturated heterocycles. The Hall–Kier alpha value is -0.610. The number of amidine groups is 1. The molecule has 0 aromatic carbocycles. The van der Waals surface area contributed by atoms with Crippen LogP contribution in [-0.2, 0) is 0 Å². The molecule has 1 fully saturated rings. The molecule has 0 bridgehead atoms. The van der Waals surface area contributed by atoms with E-state index in [4.69, 9.17) is 11.1 Å². The summed E-state index contributed by atoms with van der Waals surface area (Å²) in [6.07, 6.45) is 6.04. The largest absolute Gasteiger partial charge is 0.388 e. The van der Waals surface area contributed by atoms with Gasteiger partial charge in [-0.25, -0.2) is 0 Å². The summed E-state index contributed by atoms with van der Waals surface area (Å²) in [5.74, 6) is 0.304. The molecule has 0 aromatic heterocycles. The van der Waals surface area contributed by atoms with E-state index < -0.39 is 0 Å². The van der Waals surface area contributed by atoms with E-state index in [1.54, 1.807) is 0 Å². The van der Waals surface area contributed by atoms with Gasteiger partial charge in [0, 0.05) is 19.0 Å². The Morgan fingerprint density at radius 3 is 2.76 bits per heavy atom. The van der Waals surface area contributed by atoms with E-state index in [1.165, 1.54) is 32.2 Å². The fraction of sp³-hybridized carbons (Fsp3) is 0.923. The second-order valence-corrected chi connectivity index (χ2v) is 5.13. The van der Waals surface area contributed by atoms with Gasteiger partial charge in [0.15, 0.2) is 0 Å². The zero-order valence-electron chi connectivity index (χ0n) is 11.4. The van der Waals surface area contributed by atoms with Crippen LogP contribution >= 0.6 is 0 Å². The quantitative estimate of drug-likeness (QED) is 0.524. The maximum Gasteiger partial charge on any atom is 0.0918 e.